The lowest BCUT2D eigenvalue weighted by molar-refractivity contribution is 0.142. The summed E-state index contributed by atoms with van der Waals surface area (Å²) < 4.78 is 0. The molecule has 94 valence electrons. The highest BCUT2D eigenvalue weighted by Gasteiger charge is 2.35. The van der Waals surface area contributed by atoms with Crippen LogP contribution in [0.3, 0.4) is 0 Å². The molecular weight excluding hydrogens is 216 g/mol. The number of piperidine rings is 1. The largest absolute Gasteiger partial charge is 0.331 e. The van der Waals surface area contributed by atoms with Gasteiger partial charge in [0.15, 0.2) is 0 Å². The van der Waals surface area contributed by atoms with E-state index in [1.807, 2.05) is 0 Å². The second kappa shape index (κ2) is 5.69. The first kappa shape index (κ1) is 13.5. The summed E-state index contributed by atoms with van der Waals surface area (Å²) >= 11 is 0. The number of urea groups is 1. The highest BCUT2D eigenvalue weighted by molar-refractivity contribution is 5.74. The Morgan fingerprint density at radius 3 is 2.59 bits per heavy atom. The first-order valence-corrected chi connectivity index (χ1v) is 5.78. The fourth-order valence-corrected chi connectivity index (χ4v) is 1.96. The third kappa shape index (κ3) is 3.21. The van der Waals surface area contributed by atoms with E-state index in [2.05, 4.69) is 18.0 Å². The number of amides is 2. The normalized spacial score (nSPS) is 18.3. The molecular formula is C12H20N4O. The van der Waals surface area contributed by atoms with E-state index in [4.69, 9.17) is 0 Å². The molecule has 0 radical (unpaired) electrons. The SMILES string of the molecule is C=CCNC1(C#N)CCN(C(=O)N(C)C)CC1. The Bertz CT molecular complexity index is 324. The van der Waals surface area contributed by atoms with Crippen molar-refractivity contribution in [3.05, 3.63) is 12.7 Å². The molecule has 5 nitrogen and oxygen atoms in total. The van der Waals surface area contributed by atoms with Crippen molar-refractivity contribution < 1.29 is 4.79 Å². The summed E-state index contributed by atoms with van der Waals surface area (Å²) in [4.78, 5) is 15.1. The number of hydrogen-bond donors (Lipinski definition) is 1. The molecule has 1 aliphatic rings. The number of hydrogen-bond acceptors (Lipinski definition) is 3. The molecule has 1 aliphatic heterocycles. The maximum Gasteiger partial charge on any atom is 0.319 e. The highest BCUT2D eigenvalue weighted by Crippen LogP contribution is 2.22. The Kier molecular flexibility index (Phi) is 4.53. The van der Waals surface area contributed by atoms with Crippen molar-refractivity contribution in [2.24, 2.45) is 0 Å². The maximum absolute atomic E-state index is 11.7. The third-order valence-electron chi connectivity index (χ3n) is 3.07. The molecule has 1 heterocycles. The van der Waals surface area contributed by atoms with Gasteiger partial charge in [-0.15, -0.1) is 6.58 Å². The number of nitriles is 1. The molecule has 0 unspecified atom stereocenters. The topological polar surface area (TPSA) is 59.4 Å². The second-order valence-corrected chi connectivity index (χ2v) is 4.53. The summed E-state index contributed by atoms with van der Waals surface area (Å²) in [6, 6.07) is 2.34. The summed E-state index contributed by atoms with van der Waals surface area (Å²) in [6.45, 7) is 5.49. The molecule has 1 rings (SSSR count). The molecule has 0 saturated carbocycles. The molecule has 0 aromatic rings. The van der Waals surface area contributed by atoms with Crippen molar-refractivity contribution in [3.63, 3.8) is 0 Å². The van der Waals surface area contributed by atoms with E-state index in [-0.39, 0.29) is 6.03 Å². The van der Waals surface area contributed by atoms with Crippen LogP contribution in [0.2, 0.25) is 0 Å². The third-order valence-corrected chi connectivity index (χ3v) is 3.07. The lowest BCUT2D eigenvalue weighted by Crippen LogP contribution is -2.55. The monoisotopic (exact) mass is 236 g/mol. The van der Waals surface area contributed by atoms with Gasteiger partial charge in [0.1, 0.15) is 5.54 Å². The quantitative estimate of drug-likeness (QED) is 0.737. The standard InChI is InChI=1S/C12H20N4O/c1-4-7-14-12(10-13)5-8-16(9-6-12)11(17)15(2)3/h4,14H,1,5-9H2,2-3H3. The number of carbonyl (C=O) groups is 1. The predicted octanol–water partition coefficient (Wildman–Crippen LogP) is 0.802. The van der Waals surface area contributed by atoms with Crippen LogP contribution in [-0.4, -0.2) is 55.1 Å². The summed E-state index contributed by atoms with van der Waals surface area (Å²) in [7, 11) is 3.48. The van der Waals surface area contributed by atoms with Gasteiger partial charge in [-0.05, 0) is 12.8 Å². The predicted molar refractivity (Wildman–Crippen MR) is 66.4 cm³/mol. The van der Waals surface area contributed by atoms with E-state index in [1.54, 1.807) is 30.0 Å². The van der Waals surface area contributed by atoms with E-state index >= 15 is 0 Å². The smallest absolute Gasteiger partial charge is 0.319 e. The zero-order valence-electron chi connectivity index (χ0n) is 10.6. The average Bonchev–Trinajstić information content (AvgIpc) is 2.36. The molecule has 0 aliphatic carbocycles. The van der Waals surface area contributed by atoms with Crippen molar-refractivity contribution in [2.45, 2.75) is 18.4 Å². The molecule has 0 bridgehead atoms. The second-order valence-electron chi connectivity index (χ2n) is 4.53. The van der Waals surface area contributed by atoms with Crippen molar-refractivity contribution >= 4 is 6.03 Å². The minimum Gasteiger partial charge on any atom is -0.331 e. The Hall–Kier alpha value is -1.54. The molecule has 1 N–H and O–H groups in total. The van der Waals surface area contributed by atoms with Gasteiger partial charge in [0.05, 0.1) is 6.07 Å². The van der Waals surface area contributed by atoms with Crippen LogP contribution in [0.5, 0.6) is 0 Å². The Labute approximate surface area is 103 Å². The van der Waals surface area contributed by atoms with Gasteiger partial charge in [0, 0.05) is 33.7 Å². The number of likely N-dealkylation sites (tertiary alicyclic amines) is 1. The van der Waals surface area contributed by atoms with Gasteiger partial charge in [-0.3, -0.25) is 5.32 Å². The Morgan fingerprint density at radius 1 is 1.59 bits per heavy atom. The van der Waals surface area contributed by atoms with Gasteiger partial charge in [0.2, 0.25) is 0 Å². The molecule has 0 atom stereocenters. The fraction of sp³-hybridized carbons (Fsp3) is 0.667. The van der Waals surface area contributed by atoms with Crippen LogP contribution < -0.4 is 5.32 Å². The molecule has 0 aromatic carbocycles. The van der Waals surface area contributed by atoms with E-state index in [0.717, 1.165) is 0 Å². The summed E-state index contributed by atoms with van der Waals surface area (Å²) in [5.74, 6) is 0. The minimum absolute atomic E-state index is 0.0141. The van der Waals surface area contributed by atoms with E-state index in [1.165, 1.54) is 0 Å². The zero-order valence-corrected chi connectivity index (χ0v) is 10.6. The van der Waals surface area contributed by atoms with Crippen LogP contribution in [-0.2, 0) is 0 Å². The molecule has 17 heavy (non-hydrogen) atoms. The van der Waals surface area contributed by atoms with Crippen molar-refractivity contribution in [1.29, 1.82) is 5.26 Å². The summed E-state index contributed by atoms with van der Waals surface area (Å²) in [5, 5.41) is 12.4. The number of nitrogens with one attached hydrogen (secondary N) is 1. The van der Waals surface area contributed by atoms with Crippen LogP contribution in [0.15, 0.2) is 12.7 Å². The van der Waals surface area contributed by atoms with Crippen LogP contribution >= 0.6 is 0 Å². The molecule has 5 heteroatoms. The summed E-state index contributed by atoms with van der Waals surface area (Å²) in [5.41, 5.74) is -0.503. The van der Waals surface area contributed by atoms with Crippen LogP contribution in [0.4, 0.5) is 4.79 Å². The molecule has 1 saturated heterocycles. The van der Waals surface area contributed by atoms with Crippen molar-refractivity contribution in [3.8, 4) is 6.07 Å². The van der Waals surface area contributed by atoms with Gasteiger partial charge >= 0.3 is 6.03 Å². The first-order chi connectivity index (χ1) is 8.04. The lowest BCUT2D eigenvalue weighted by atomic mass is 9.89. The van der Waals surface area contributed by atoms with Crippen molar-refractivity contribution in [1.82, 2.24) is 15.1 Å². The van der Waals surface area contributed by atoms with Crippen molar-refractivity contribution in [2.75, 3.05) is 33.7 Å². The van der Waals surface area contributed by atoms with Gasteiger partial charge < -0.3 is 9.80 Å². The van der Waals surface area contributed by atoms with Gasteiger partial charge in [0.25, 0.3) is 0 Å². The Balaban J connectivity index is 2.56. The lowest BCUT2D eigenvalue weighted by Gasteiger charge is -2.38. The van der Waals surface area contributed by atoms with Crippen LogP contribution in [0, 0.1) is 11.3 Å². The molecule has 2 amide bonds. The molecule has 1 fully saturated rings. The highest BCUT2D eigenvalue weighted by atomic mass is 16.2. The summed E-state index contributed by atoms with van der Waals surface area (Å²) in [6.07, 6.45) is 3.07. The number of rotatable bonds is 3. The molecule has 0 aromatic heterocycles. The minimum atomic E-state index is -0.503. The zero-order chi connectivity index (χ0) is 12.9. The maximum atomic E-state index is 11.7. The average molecular weight is 236 g/mol. The number of carbonyl (C=O) groups excluding carboxylic acids is 1. The van der Waals surface area contributed by atoms with Crippen LogP contribution in [0.1, 0.15) is 12.8 Å². The number of nitrogens with zero attached hydrogens (tertiary/aromatic N) is 3. The fourth-order valence-electron chi connectivity index (χ4n) is 1.96. The van der Waals surface area contributed by atoms with Gasteiger partial charge in [-0.25, -0.2) is 4.79 Å². The molecule has 0 spiro atoms. The first-order valence-electron chi connectivity index (χ1n) is 5.78. The van der Waals surface area contributed by atoms with Gasteiger partial charge in [-0.2, -0.15) is 5.26 Å². The van der Waals surface area contributed by atoms with E-state index in [9.17, 15) is 10.1 Å². The van der Waals surface area contributed by atoms with Gasteiger partial charge in [-0.1, -0.05) is 6.08 Å². The van der Waals surface area contributed by atoms with E-state index in [0.29, 0.717) is 32.5 Å². The Morgan fingerprint density at radius 2 is 2.18 bits per heavy atom. The van der Waals surface area contributed by atoms with E-state index < -0.39 is 5.54 Å². The van der Waals surface area contributed by atoms with Crippen LogP contribution in [0.25, 0.3) is 0 Å².